The second-order valence-corrected chi connectivity index (χ2v) is 3.31. The Bertz CT molecular complexity index is 586. The number of hydrogen-bond acceptors (Lipinski definition) is 3. The highest BCUT2D eigenvalue weighted by Gasteiger charge is 2.16. The molecule has 1 N–H and O–H groups in total. The third-order valence-corrected chi connectivity index (χ3v) is 2.30. The Morgan fingerprint density at radius 1 is 1.29 bits per heavy atom. The molecular weight excluding hydrogens is 227 g/mol. The van der Waals surface area contributed by atoms with Crippen LogP contribution in [-0.4, -0.2) is 17.4 Å². The number of rotatable bonds is 3. The second-order valence-electron chi connectivity index (χ2n) is 3.31. The Balaban J connectivity index is 2.69. The van der Waals surface area contributed by atoms with E-state index in [0.29, 0.717) is 6.29 Å². The molecule has 0 spiro atoms. The lowest BCUT2D eigenvalue weighted by Crippen LogP contribution is -2.00. The van der Waals surface area contributed by atoms with Gasteiger partial charge in [-0.1, -0.05) is 0 Å². The lowest BCUT2D eigenvalue weighted by molar-refractivity contribution is 0.0697. The number of carboxylic acid groups (broad SMARTS) is 1. The third-order valence-electron chi connectivity index (χ3n) is 2.30. The van der Waals surface area contributed by atoms with Crippen LogP contribution in [0.5, 0.6) is 0 Å². The highest BCUT2D eigenvalue weighted by atomic mass is 19.1. The van der Waals surface area contributed by atoms with Crippen molar-refractivity contribution >= 4 is 12.3 Å². The number of hydrogen-bond donors (Lipinski definition) is 1. The molecule has 0 saturated carbocycles. The number of aromatic carboxylic acids is 1. The fourth-order valence-electron chi connectivity index (χ4n) is 1.56. The van der Waals surface area contributed by atoms with Gasteiger partial charge in [0.15, 0.2) is 12.0 Å². The molecule has 1 aromatic heterocycles. The summed E-state index contributed by atoms with van der Waals surface area (Å²) in [6, 6.07) is 4.68. The molecule has 0 aliphatic heterocycles. The molecule has 0 aliphatic rings. The Morgan fingerprint density at radius 2 is 2.06 bits per heavy atom. The Labute approximate surface area is 95.3 Å². The number of furan rings is 1. The molecule has 1 aromatic carbocycles. The molecule has 2 rings (SSSR count). The van der Waals surface area contributed by atoms with E-state index in [4.69, 9.17) is 9.52 Å². The van der Waals surface area contributed by atoms with E-state index in [-0.39, 0.29) is 22.5 Å². The first-order valence-electron chi connectivity index (χ1n) is 4.69. The van der Waals surface area contributed by atoms with Crippen molar-refractivity contribution in [2.24, 2.45) is 0 Å². The van der Waals surface area contributed by atoms with Crippen molar-refractivity contribution in [2.75, 3.05) is 0 Å². The molecular formula is C12H7FO4. The summed E-state index contributed by atoms with van der Waals surface area (Å²) in [6.07, 6.45) is 1.70. The minimum atomic E-state index is -1.20. The largest absolute Gasteiger partial charge is 0.478 e. The number of carboxylic acids is 1. The zero-order valence-corrected chi connectivity index (χ0v) is 8.51. The molecule has 0 fully saturated rings. The molecule has 86 valence electrons. The molecule has 0 aliphatic carbocycles. The van der Waals surface area contributed by atoms with Gasteiger partial charge < -0.3 is 9.52 Å². The van der Waals surface area contributed by atoms with Gasteiger partial charge in [-0.3, -0.25) is 4.79 Å². The molecule has 5 heteroatoms. The molecule has 4 nitrogen and oxygen atoms in total. The molecule has 0 atom stereocenters. The minimum Gasteiger partial charge on any atom is -0.478 e. The van der Waals surface area contributed by atoms with Gasteiger partial charge in [-0.25, -0.2) is 9.18 Å². The smallest absolute Gasteiger partial charge is 0.336 e. The normalized spacial score (nSPS) is 10.2. The molecule has 0 radical (unpaired) electrons. The van der Waals surface area contributed by atoms with Crippen LogP contribution in [0.15, 0.2) is 34.9 Å². The van der Waals surface area contributed by atoms with E-state index in [1.54, 1.807) is 0 Å². The highest BCUT2D eigenvalue weighted by molar-refractivity contribution is 5.98. The summed E-state index contributed by atoms with van der Waals surface area (Å²) < 4.78 is 18.0. The van der Waals surface area contributed by atoms with Crippen LogP contribution in [0, 0.1) is 5.82 Å². The quantitative estimate of drug-likeness (QED) is 0.829. The monoisotopic (exact) mass is 234 g/mol. The van der Waals surface area contributed by atoms with Crippen molar-refractivity contribution in [3.05, 3.63) is 47.7 Å². The maximum Gasteiger partial charge on any atom is 0.336 e. The lowest BCUT2D eigenvalue weighted by atomic mass is 10.00. The van der Waals surface area contributed by atoms with Crippen LogP contribution < -0.4 is 0 Å². The van der Waals surface area contributed by atoms with Gasteiger partial charge in [0.05, 0.1) is 11.8 Å². The van der Waals surface area contributed by atoms with Crippen LogP contribution in [0.2, 0.25) is 0 Å². The van der Waals surface area contributed by atoms with Crippen LogP contribution in [0.4, 0.5) is 4.39 Å². The standard InChI is InChI=1S/C12H7FO4/c13-7-1-2-9(12(15)16)10(5-7)8-3-4-17-11(8)6-14/h1-6H,(H,15,16). The summed E-state index contributed by atoms with van der Waals surface area (Å²) in [6.45, 7) is 0. The second kappa shape index (κ2) is 4.21. The Kier molecular flexibility index (Phi) is 2.74. The molecule has 0 saturated heterocycles. The van der Waals surface area contributed by atoms with E-state index in [2.05, 4.69) is 0 Å². The summed E-state index contributed by atoms with van der Waals surface area (Å²) in [7, 11) is 0. The molecule has 0 bridgehead atoms. The van der Waals surface area contributed by atoms with E-state index in [1.165, 1.54) is 12.3 Å². The van der Waals surface area contributed by atoms with Crippen LogP contribution >= 0.6 is 0 Å². The number of halogens is 1. The Morgan fingerprint density at radius 3 is 2.71 bits per heavy atom. The average molecular weight is 234 g/mol. The fraction of sp³-hybridized carbons (Fsp3) is 0. The van der Waals surface area contributed by atoms with Crippen LogP contribution in [0.1, 0.15) is 20.9 Å². The zero-order chi connectivity index (χ0) is 12.4. The maximum atomic E-state index is 13.1. The van der Waals surface area contributed by atoms with Gasteiger partial charge in [-0.2, -0.15) is 0 Å². The van der Waals surface area contributed by atoms with Crippen LogP contribution in [0.3, 0.4) is 0 Å². The number of aldehydes is 1. The summed E-state index contributed by atoms with van der Waals surface area (Å²) in [5.74, 6) is -1.81. The summed E-state index contributed by atoms with van der Waals surface area (Å²) in [4.78, 5) is 21.7. The SMILES string of the molecule is O=Cc1occc1-c1cc(F)ccc1C(=O)O. The van der Waals surface area contributed by atoms with Gasteiger partial charge in [0.1, 0.15) is 5.82 Å². The van der Waals surface area contributed by atoms with E-state index in [0.717, 1.165) is 18.2 Å². The van der Waals surface area contributed by atoms with Gasteiger partial charge in [0, 0.05) is 11.1 Å². The van der Waals surface area contributed by atoms with Crippen molar-refractivity contribution in [1.29, 1.82) is 0 Å². The number of benzene rings is 1. The molecule has 2 aromatic rings. The first-order chi connectivity index (χ1) is 8.13. The zero-order valence-electron chi connectivity index (χ0n) is 8.51. The van der Waals surface area contributed by atoms with E-state index >= 15 is 0 Å². The van der Waals surface area contributed by atoms with Crippen molar-refractivity contribution in [3.63, 3.8) is 0 Å². The van der Waals surface area contributed by atoms with Gasteiger partial charge in [0.25, 0.3) is 0 Å². The van der Waals surface area contributed by atoms with Crippen molar-refractivity contribution in [3.8, 4) is 11.1 Å². The van der Waals surface area contributed by atoms with Gasteiger partial charge >= 0.3 is 5.97 Å². The fourth-order valence-corrected chi connectivity index (χ4v) is 1.56. The molecule has 0 unspecified atom stereocenters. The summed E-state index contributed by atoms with van der Waals surface area (Å²) in [5.41, 5.74) is 0.293. The maximum absolute atomic E-state index is 13.1. The molecule has 0 amide bonds. The predicted molar refractivity (Wildman–Crippen MR) is 56.4 cm³/mol. The number of carbonyl (C=O) groups excluding carboxylic acids is 1. The van der Waals surface area contributed by atoms with Crippen molar-refractivity contribution in [2.45, 2.75) is 0 Å². The van der Waals surface area contributed by atoms with Crippen molar-refractivity contribution < 1.29 is 23.5 Å². The van der Waals surface area contributed by atoms with E-state index in [1.807, 2.05) is 0 Å². The van der Waals surface area contributed by atoms with E-state index in [9.17, 15) is 14.0 Å². The topological polar surface area (TPSA) is 67.5 Å². The average Bonchev–Trinajstić information content (AvgIpc) is 2.76. The molecule has 17 heavy (non-hydrogen) atoms. The predicted octanol–water partition coefficient (Wildman–Crippen LogP) is 2.60. The lowest BCUT2D eigenvalue weighted by Gasteiger charge is -2.04. The Hall–Kier alpha value is -2.43. The van der Waals surface area contributed by atoms with Crippen LogP contribution in [0.25, 0.3) is 11.1 Å². The third kappa shape index (κ3) is 1.94. The van der Waals surface area contributed by atoms with E-state index < -0.39 is 11.8 Å². The highest BCUT2D eigenvalue weighted by Crippen LogP contribution is 2.28. The molecule has 1 heterocycles. The number of carbonyl (C=O) groups is 2. The van der Waals surface area contributed by atoms with Crippen LogP contribution in [-0.2, 0) is 0 Å². The van der Waals surface area contributed by atoms with Crippen molar-refractivity contribution in [1.82, 2.24) is 0 Å². The summed E-state index contributed by atoms with van der Waals surface area (Å²) >= 11 is 0. The summed E-state index contributed by atoms with van der Waals surface area (Å²) in [5, 5.41) is 8.98. The first kappa shape index (κ1) is 11.1. The van der Waals surface area contributed by atoms with Gasteiger partial charge in [-0.15, -0.1) is 0 Å². The minimum absolute atomic E-state index is 0.0295. The van der Waals surface area contributed by atoms with Gasteiger partial charge in [0.2, 0.25) is 0 Å². The van der Waals surface area contributed by atoms with Gasteiger partial charge in [-0.05, 0) is 24.3 Å². The first-order valence-corrected chi connectivity index (χ1v) is 4.69.